The molecule has 0 bridgehead atoms. The Labute approximate surface area is 336 Å². The van der Waals surface area contributed by atoms with E-state index < -0.39 is 42.3 Å². The van der Waals surface area contributed by atoms with Crippen LogP contribution < -0.4 is 38.8 Å². The molecule has 0 spiro atoms. The fraction of sp³-hybridized carbons (Fsp3) is 0.234. The lowest BCUT2D eigenvalue weighted by atomic mass is 9.97. The van der Waals surface area contributed by atoms with Crippen molar-refractivity contribution in [2.45, 2.75) is 57.4 Å². The number of rotatable bonds is 17. The number of esters is 1. The molecule has 11 heteroatoms. The van der Waals surface area contributed by atoms with Gasteiger partial charge in [0, 0.05) is 13.0 Å². The molecule has 1 saturated heterocycles. The number of allylic oxidation sites excluding steroid dienone is 1. The molecule has 0 amide bonds. The predicted molar refractivity (Wildman–Crippen MR) is 217 cm³/mol. The van der Waals surface area contributed by atoms with Crippen molar-refractivity contribution < 1.29 is 47.1 Å². The lowest BCUT2D eigenvalue weighted by Crippen LogP contribution is -2.66. The van der Waals surface area contributed by atoms with Gasteiger partial charge in [-0.3, -0.25) is 4.79 Å². The van der Waals surface area contributed by atoms with E-state index in [0.29, 0.717) is 34.8 Å². The number of benzene rings is 5. The quantitative estimate of drug-likeness (QED) is 0.0381. The number of fused-ring (bicyclic) bond motifs is 1. The van der Waals surface area contributed by atoms with Gasteiger partial charge in [0.1, 0.15) is 47.0 Å². The van der Waals surface area contributed by atoms with Crippen LogP contribution in [-0.2, 0) is 9.53 Å². The minimum Gasteiger partial charge on any atom is -0.491 e. The molecular formula is C47H44O11. The van der Waals surface area contributed by atoms with Crippen molar-refractivity contribution in [2.24, 2.45) is 0 Å². The zero-order valence-corrected chi connectivity index (χ0v) is 32.1. The third kappa shape index (κ3) is 10.2. The summed E-state index contributed by atoms with van der Waals surface area (Å²) in [6.45, 7) is 3.53. The fourth-order valence-corrected chi connectivity index (χ4v) is 6.40. The SMILES string of the molecule is CC/C=C/CCOc1c(OC(C)=O)c(=O)oc2cc(O[C@H]3O[C@H](COc4ccccc4)[C@@H](Oc4ccccc4)[C@H](Oc4ccccc4)[C@@H]3Oc3ccccc3)ccc12. The first kappa shape index (κ1) is 39.5. The van der Waals surface area contributed by atoms with Crippen molar-refractivity contribution >= 4 is 16.9 Å². The summed E-state index contributed by atoms with van der Waals surface area (Å²) in [6, 6.07) is 42.4. The molecule has 298 valence electrons. The highest BCUT2D eigenvalue weighted by molar-refractivity contribution is 5.87. The Bertz CT molecular complexity index is 2300. The fourth-order valence-electron chi connectivity index (χ4n) is 6.40. The van der Waals surface area contributed by atoms with E-state index in [9.17, 15) is 9.59 Å². The molecule has 1 aliphatic rings. The second-order valence-electron chi connectivity index (χ2n) is 13.3. The van der Waals surface area contributed by atoms with Gasteiger partial charge < -0.3 is 42.3 Å². The second-order valence-corrected chi connectivity index (χ2v) is 13.3. The molecule has 6 aromatic rings. The van der Waals surface area contributed by atoms with E-state index in [1.165, 1.54) is 6.92 Å². The van der Waals surface area contributed by atoms with Gasteiger partial charge >= 0.3 is 11.6 Å². The van der Waals surface area contributed by atoms with E-state index in [-0.39, 0.29) is 36.0 Å². The van der Waals surface area contributed by atoms with Crippen LogP contribution in [0.4, 0.5) is 0 Å². The highest BCUT2D eigenvalue weighted by Crippen LogP contribution is 2.37. The first-order chi connectivity index (χ1) is 28.4. The third-order valence-electron chi connectivity index (χ3n) is 9.02. The van der Waals surface area contributed by atoms with E-state index in [0.717, 1.165) is 6.42 Å². The molecule has 1 aliphatic heterocycles. The lowest BCUT2D eigenvalue weighted by Gasteiger charge is -2.45. The van der Waals surface area contributed by atoms with Crippen LogP contribution in [0, 0.1) is 0 Å². The Balaban J connectivity index is 1.28. The maximum atomic E-state index is 13.2. The Hall–Kier alpha value is -6.72. The van der Waals surface area contributed by atoms with Crippen molar-refractivity contribution in [1.29, 1.82) is 0 Å². The van der Waals surface area contributed by atoms with Crippen molar-refractivity contribution in [3.8, 4) is 40.2 Å². The van der Waals surface area contributed by atoms with Gasteiger partial charge in [-0.1, -0.05) is 91.9 Å². The van der Waals surface area contributed by atoms with E-state index >= 15 is 0 Å². The maximum absolute atomic E-state index is 13.2. The minimum absolute atomic E-state index is 0.0632. The van der Waals surface area contributed by atoms with Gasteiger partial charge in [-0.2, -0.15) is 0 Å². The molecule has 5 atom stereocenters. The maximum Gasteiger partial charge on any atom is 0.383 e. The number of ether oxygens (including phenoxy) is 8. The summed E-state index contributed by atoms with van der Waals surface area (Å²) < 4.78 is 57.0. The van der Waals surface area contributed by atoms with Gasteiger partial charge in [-0.05, 0) is 73.5 Å². The highest BCUT2D eigenvalue weighted by Gasteiger charge is 2.52. The van der Waals surface area contributed by atoms with Gasteiger partial charge in [-0.25, -0.2) is 4.79 Å². The third-order valence-corrected chi connectivity index (χ3v) is 9.02. The van der Waals surface area contributed by atoms with Crippen LogP contribution in [0.3, 0.4) is 0 Å². The standard InChI is InChI=1S/C47H44O11/c1-3-4-5-18-29-50-41-38-28-27-37(30-39(38)57-46(49)44(41)52-32(2)48)56-47-45(55-36-25-16-9-17-26-36)43(54-35-23-14-8-15-24-35)42(53-34-21-12-7-13-22-34)40(58-47)31-51-33-19-10-6-11-20-33/h4-17,19-28,30,40,42-43,45,47H,3,18,29,31H2,1-2H3/b5-4+/t40-,42-,43+,45+,47+/m1/s1. The van der Waals surface area contributed by atoms with E-state index in [4.69, 9.17) is 42.3 Å². The summed E-state index contributed by atoms with van der Waals surface area (Å²) in [6.07, 6.45) is 1.01. The lowest BCUT2D eigenvalue weighted by molar-refractivity contribution is -0.260. The van der Waals surface area contributed by atoms with Gasteiger partial charge in [-0.15, -0.1) is 0 Å². The van der Waals surface area contributed by atoms with Crippen molar-refractivity contribution in [3.63, 3.8) is 0 Å². The molecule has 7 rings (SSSR count). The van der Waals surface area contributed by atoms with Crippen molar-refractivity contribution in [1.82, 2.24) is 0 Å². The smallest absolute Gasteiger partial charge is 0.383 e. The van der Waals surface area contributed by atoms with Crippen LogP contribution in [0.15, 0.2) is 161 Å². The zero-order chi connectivity index (χ0) is 40.1. The molecule has 0 unspecified atom stereocenters. The molecule has 11 nitrogen and oxygen atoms in total. The molecule has 1 fully saturated rings. The molecule has 2 heterocycles. The average molecular weight is 785 g/mol. The van der Waals surface area contributed by atoms with Gasteiger partial charge in [0.15, 0.2) is 18.0 Å². The van der Waals surface area contributed by atoms with Crippen LogP contribution in [0.5, 0.6) is 40.2 Å². The van der Waals surface area contributed by atoms with Crippen LogP contribution in [0.1, 0.15) is 26.7 Å². The summed E-state index contributed by atoms with van der Waals surface area (Å²) in [5.41, 5.74) is -0.742. The van der Waals surface area contributed by atoms with Crippen molar-refractivity contribution in [2.75, 3.05) is 13.2 Å². The molecule has 58 heavy (non-hydrogen) atoms. The Morgan fingerprint density at radius 3 is 1.78 bits per heavy atom. The number of carbonyl (C=O) groups is 1. The zero-order valence-electron chi connectivity index (χ0n) is 32.1. The second kappa shape index (κ2) is 19.4. The molecular weight excluding hydrogens is 741 g/mol. The Kier molecular flexibility index (Phi) is 13.2. The largest absolute Gasteiger partial charge is 0.491 e. The molecule has 0 N–H and O–H groups in total. The van der Waals surface area contributed by atoms with Gasteiger partial charge in [0.2, 0.25) is 12.4 Å². The highest BCUT2D eigenvalue weighted by atomic mass is 16.7. The molecule has 0 saturated carbocycles. The van der Waals surface area contributed by atoms with Crippen LogP contribution in [0.2, 0.25) is 0 Å². The number of hydrogen-bond donors (Lipinski definition) is 0. The van der Waals surface area contributed by atoms with Gasteiger partial charge in [0.25, 0.3) is 5.75 Å². The van der Waals surface area contributed by atoms with E-state index in [1.54, 1.807) is 18.2 Å². The molecule has 1 aromatic heterocycles. The first-order valence-corrected chi connectivity index (χ1v) is 19.2. The van der Waals surface area contributed by atoms with E-state index in [2.05, 4.69) is 0 Å². The van der Waals surface area contributed by atoms with Crippen LogP contribution >= 0.6 is 0 Å². The normalized spacial score (nSPS) is 19.0. The average Bonchev–Trinajstić information content (AvgIpc) is 3.24. The molecule has 0 radical (unpaired) electrons. The summed E-state index contributed by atoms with van der Waals surface area (Å²) in [4.78, 5) is 25.2. The van der Waals surface area contributed by atoms with E-state index in [1.807, 2.05) is 140 Å². The van der Waals surface area contributed by atoms with Crippen molar-refractivity contribution in [3.05, 3.63) is 162 Å². The predicted octanol–water partition coefficient (Wildman–Crippen LogP) is 8.98. The van der Waals surface area contributed by atoms with Gasteiger partial charge in [0.05, 0.1) is 12.0 Å². The minimum atomic E-state index is -1.13. The number of carbonyl (C=O) groups excluding carboxylic acids is 1. The number of hydrogen-bond acceptors (Lipinski definition) is 11. The Morgan fingerprint density at radius 1 is 0.621 bits per heavy atom. The monoisotopic (exact) mass is 784 g/mol. The molecule has 5 aromatic carbocycles. The number of para-hydroxylation sites is 4. The summed E-state index contributed by atoms with van der Waals surface area (Å²) in [7, 11) is 0. The topological polar surface area (TPSA) is 121 Å². The summed E-state index contributed by atoms with van der Waals surface area (Å²) in [5, 5.41) is 0.403. The molecule has 0 aliphatic carbocycles. The first-order valence-electron chi connectivity index (χ1n) is 19.2. The van der Waals surface area contributed by atoms with Crippen LogP contribution in [0.25, 0.3) is 11.0 Å². The summed E-state index contributed by atoms with van der Waals surface area (Å²) >= 11 is 0. The summed E-state index contributed by atoms with van der Waals surface area (Å²) in [5.74, 6) is 1.71. The Morgan fingerprint density at radius 2 is 1.19 bits per heavy atom. The van der Waals surface area contributed by atoms with Crippen LogP contribution in [-0.4, -0.2) is 49.9 Å².